The summed E-state index contributed by atoms with van der Waals surface area (Å²) in [6.07, 6.45) is 4.34. The molecule has 9 amide bonds. The maximum Gasteiger partial charge on any atom is 0.322 e. The topological polar surface area (TPSA) is 337 Å². The summed E-state index contributed by atoms with van der Waals surface area (Å²) in [5, 5.41) is 19.2. The molecule has 6 aliphatic heterocycles. The number of carbonyl (C=O) groups is 11. The van der Waals surface area contributed by atoms with Gasteiger partial charge in [0.15, 0.2) is 5.96 Å². The fourth-order valence-electron chi connectivity index (χ4n) is 11.0. The number of likely N-dealkylation sites (tertiary alicyclic amines) is 4. The van der Waals surface area contributed by atoms with E-state index in [0.717, 1.165) is 0 Å². The van der Waals surface area contributed by atoms with Crippen molar-refractivity contribution in [2.75, 3.05) is 45.0 Å². The van der Waals surface area contributed by atoms with Gasteiger partial charge in [-0.2, -0.15) is 0 Å². The van der Waals surface area contributed by atoms with Gasteiger partial charge in [0.2, 0.25) is 53.0 Å². The summed E-state index contributed by atoms with van der Waals surface area (Å²) in [5.74, 6) is -7.40. The summed E-state index contributed by atoms with van der Waals surface area (Å²) in [5.41, 5.74) is 9.55. The molecule has 71 heavy (non-hydrogen) atoms. The number of thioether (sulfide) groups is 1. The lowest BCUT2D eigenvalue weighted by Gasteiger charge is -2.46. The maximum atomic E-state index is 14.8. The minimum atomic E-state index is -1.44. The van der Waals surface area contributed by atoms with E-state index in [9.17, 15) is 52.7 Å². The Morgan fingerprint density at radius 3 is 1.92 bits per heavy atom. The van der Waals surface area contributed by atoms with Gasteiger partial charge in [-0.15, -0.1) is 11.8 Å². The number of nitrogens with zero attached hydrogens (tertiary/aromatic N) is 6. The molecular weight excluding hydrogens is 945 g/mol. The number of ketones is 1. The summed E-state index contributed by atoms with van der Waals surface area (Å²) in [6.45, 7) is 6.96. The lowest BCUT2D eigenvalue weighted by Crippen LogP contribution is -2.67. The number of hydrogen-bond donors (Lipinski definition) is 7. The van der Waals surface area contributed by atoms with Crippen LogP contribution in [0.1, 0.15) is 111 Å². The van der Waals surface area contributed by atoms with E-state index in [2.05, 4.69) is 26.3 Å². The standard InChI is InChI=1S/C46H70N12O12S/c1-25(2)22-29(53-39(65)32-13-8-20-56(32)42(68)28(10-5-17-49-45(47)48)52-38(64)31-12-6-18-54(31)27(4)59)36(62)43(69)57-21-9-15-46(57)16-14-34-58(44(46)70)33(24-71-34)40(66)51-26(3)41(67)55-19-7-11-30(55)37(63)50-23-35(60)61/h25-26,28-34H,5-24H2,1-4H3,(H,50,63)(H,51,66)(H,52,64)(H,53,65)(H,60,61)(H4,47,48,49)/t26-,28-,29-,30-,31-,32-,33-,34+,46+/m0/s1. The normalized spacial score (nSPS) is 26.2. The number of carboxylic acids is 1. The summed E-state index contributed by atoms with van der Waals surface area (Å²) in [4.78, 5) is 160. The zero-order valence-electron chi connectivity index (χ0n) is 41.0. The number of hydrogen-bond acceptors (Lipinski definition) is 13. The van der Waals surface area contributed by atoms with Gasteiger partial charge < -0.3 is 62.3 Å². The third-order valence-electron chi connectivity index (χ3n) is 14.5. The first kappa shape index (κ1) is 54.3. The van der Waals surface area contributed by atoms with Gasteiger partial charge in [0.05, 0.1) is 11.4 Å². The van der Waals surface area contributed by atoms with E-state index in [4.69, 9.17) is 16.6 Å². The molecule has 0 aromatic carbocycles. The number of guanidine groups is 1. The Morgan fingerprint density at radius 2 is 1.31 bits per heavy atom. The molecule has 0 saturated carbocycles. The van der Waals surface area contributed by atoms with Crippen molar-refractivity contribution in [3.05, 3.63) is 0 Å². The van der Waals surface area contributed by atoms with Crippen molar-refractivity contribution in [2.45, 2.75) is 164 Å². The molecule has 6 saturated heterocycles. The van der Waals surface area contributed by atoms with Gasteiger partial charge in [-0.05, 0) is 96.3 Å². The molecular formula is C46H70N12O12S. The van der Waals surface area contributed by atoms with Crippen LogP contribution in [-0.2, 0) is 52.7 Å². The van der Waals surface area contributed by atoms with Crippen LogP contribution in [-0.4, -0.2) is 199 Å². The molecule has 0 bridgehead atoms. The van der Waals surface area contributed by atoms with Crippen molar-refractivity contribution in [3.63, 3.8) is 0 Å². The van der Waals surface area contributed by atoms with Gasteiger partial charge in [-0.3, -0.25) is 57.7 Å². The highest BCUT2D eigenvalue weighted by molar-refractivity contribution is 8.00. The van der Waals surface area contributed by atoms with E-state index in [0.29, 0.717) is 57.9 Å². The third-order valence-corrected chi connectivity index (χ3v) is 15.8. The minimum Gasteiger partial charge on any atom is -0.480 e. The largest absolute Gasteiger partial charge is 0.480 e. The van der Waals surface area contributed by atoms with Crippen LogP contribution in [0.4, 0.5) is 0 Å². The molecule has 9 atom stereocenters. The first-order valence-electron chi connectivity index (χ1n) is 24.8. The molecule has 0 unspecified atom stereocenters. The number of aliphatic imine (C=N–C) groups is 1. The van der Waals surface area contributed by atoms with Gasteiger partial charge >= 0.3 is 5.97 Å². The Bertz CT molecular complexity index is 2160. The van der Waals surface area contributed by atoms with Crippen LogP contribution in [0.25, 0.3) is 0 Å². The number of nitrogens with one attached hydrogen (secondary N) is 4. The highest BCUT2D eigenvalue weighted by atomic mass is 32.2. The number of aliphatic carboxylic acids is 1. The lowest BCUT2D eigenvalue weighted by atomic mass is 9.84. The molecule has 0 aromatic heterocycles. The second-order valence-corrected chi connectivity index (χ2v) is 21.0. The van der Waals surface area contributed by atoms with E-state index >= 15 is 0 Å². The van der Waals surface area contributed by atoms with E-state index in [-0.39, 0.29) is 81.8 Å². The molecule has 9 N–H and O–H groups in total. The third kappa shape index (κ3) is 12.2. The van der Waals surface area contributed by atoms with Crippen LogP contribution in [0.2, 0.25) is 0 Å². The first-order valence-corrected chi connectivity index (χ1v) is 25.9. The maximum absolute atomic E-state index is 14.8. The van der Waals surface area contributed by atoms with Crippen molar-refractivity contribution in [3.8, 4) is 0 Å². The van der Waals surface area contributed by atoms with Crippen LogP contribution in [0.5, 0.6) is 0 Å². The molecule has 0 aromatic rings. The SMILES string of the molecule is CC(=O)N1CCC[C@H]1C(=O)N[C@@H](CCCN=C(N)N)C(=O)N1CCC[C@H]1C(=O)N[C@@H](CC(C)C)C(=O)C(=O)N1CCC[C@]12CC[C@H]1SC[C@@H](C(=O)N[C@@H](C)C(=O)N3CCC[C@H]3C(=O)NCC(=O)O)N1C2=O. The highest BCUT2D eigenvalue weighted by Gasteiger charge is 2.60. The van der Waals surface area contributed by atoms with Gasteiger partial charge in [0, 0.05) is 45.4 Å². The van der Waals surface area contributed by atoms with Crippen molar-refractivity contribution >= 4 is 82.6 Å². The van der Waals surface area contributed by atoms with E-state index < -0.39 is 119 Å². The number of piperidine rings is 1. The molecule has 6 fully saturated rings. The number of carbonyl (C=O) groups excluding carboxylic acids is 10. The lowest BCUT2D eigenvalue weighted by molar-refractivity contribution is -0.162. The zero-order chi connectivity index (χ0) is 51.9. The van der Waals surface area contributed by atoms with Crippen molar-refractivity contribution in [2.24, 2.45) is 22.4 Å². The number of rotatable bonds is 19. The fraction of sp³-hybridized carbons (Fsp3) is 0.739. The number of fused-ring (bicyclic) bond motifs is 1. The van der Waals surface area contributed by atoms with E-state index in [1.165, 1.54) is 50.1 Å². The zero-order valence-corrected chi connectivity index (χ0v) is 41.8. The summed E-state index contributed by atoms with van der Waals surface area (Å²) < 4.78 is 0. The Balaban J connectivity index is 1.13. The van der Waals surface area contributed by atoms with Gasteiger partial charge in [-0.1, -0.05) is 13.8 Å². The second-order valence-electron chi connectivity index (χ2n) is 19.8. The van der Waals surface area contributed by atoms with E-state index in [1.807, 2.05) is 13.8 Å². The van der Waals surface area contributed by atoms with E-state index in [1.54, 1.807) is 0 Å². The number of nitrogens with two attached hydrogens (primary N) is 2. The Labute approximate surface area is 416 Å². The quantitative estimate of drug-likeness (QED) is 0.0311. The van der Waals surface area contributed by atoms with Crippen LogP contribution >= 0.6 is 11.8 Å². The smallest absolute Gasteiger partial charge is 0.322 e. The Hall–Kier alpha value is -6.01. The molecule has 1 spiro atoms. The van der Waals surface area contributed by atoms with Crippen molar-refractivity contribution in [1.82, 2.24) is 45.8 Å². The average Bonchev–Trinajstić information content (AvgIpc) is 4.18. The van der Waals surface area contributed by atoms with Crippen molar-refractivity contribution < 1.29 is 57.8 Å². The first-order chi connectivity index (χ1) is 33.7. The van der Waals surface area contributed by atoms with Crippen LogP contribution in [0.15, 0.2) is 4.99 Å². The Morgan fingerprint density at radius 1 is 0.732 bits per heavy atom. The molecule has 6 rings (SSSR count). The number of amides is 9. The highest BCUT2D eigenvalue weighted by Crippen LogP contribution is 2.46. The van der Waals surface area contributed by atoms with Crippen molar-refractivity contribution in [1.29, 1.82) is 0 Å². The number of Topliss-reactive ketones (excluding diaryl/α,β-unsaturated/α-hetero) is 1. The molecule has 0 radical (unpaired) electrons. The summed E-state index contributed by atoms with van der Waals surface area (Å²) in [7, 11) is 0. The van der Waals surface area contributed by atoms with Crippen LogP contribution < -0.4 is 32.7 Å². The fourth-order valence-corrected chi connectivity index (χ4v) is 12.4. The summed E-state index contributed by atoms with van der Waals surface area (Å²) in [6, 6.07) is -7.21. The molecule has 6 aliphatic rings. The molecule has 25 heteroatoms. The second kappa shape index (κ2) is 23.5. The van der Waals surface area contributed by atoms with Gasteiger partial charge in [-0.25, -0.2) is 0 Å². The van der Waals surface area contributed by atoms with Gasteiger partial charge in [0.1, 0.15) is 48.3 Å². The molecule has 0 aliphatic carbocycles. The minimum absolute atomic E-state index is 0.0679. The predicted octanol–water partition coefficient (Wildman–Crippen LogP) is -2.25. The monoisotopic (exact) mass is 1010 g/mol. The van der Waals surface area contributed by atoms with Gasteiger partial charge in [0.25, 0.3) is 5.91 Å². The average molecular weight is 1020 g/mol. The molecule has 6 heterocycles. The molecule has 392 valence electrons. The van der Waals surface area contributed by atoms with Crippen LogP contribution in [0.3, 0.4) is 0 Å². The van der Waals surface area contributed by atoms with Crippen LogP contribution in [0, 0.1) is 5.92 Å². The number of carboxylic acid groups (broad SMARTS) is 1. The molecule has 24 nitrogen and oxygen atoms in total. The Kier molecular flexibility index (Phi) is 18.0. The summed E-state index contributed by atoms with van der Waals surface area (Å²) >= 11 is 1.40. The predicted molar refractivity (Wildman–Crippen MR) is 256 cm³/mol.